The number of rotatable bonds is 5. The smallest absolute Gasteiger partial charge is 0.224 e. The average molecular weight is 301 g/mol. The predicted molar refractivity (Wildman–Crippen MR) is 77.7 cm³/mol. The summed E-state index contributed by atoms with van der Waals surface area (Å²) in [5.41, 5.74) is 7.61. The Bertz CT molecular complexity index is 724. The van der Waals surface area contributed by atoms with E-state index < -0.39 is 0 Å². The first kappa shape index (κ1) is 13.3. The molecule has 0 amide bonds. The summed E-state index contributed by atoms with van der Waals surface area (Å²) in [6.07, 6.45) is 1.24. The molecular formula is C13H11N5O2S. The minimum absolute atomic E-state index is 0.224. The molecule has 0 saturated carbocycles. The topological polar surface area (TPSA) is 99.4 Å². The summed E-state index contributed by atoms with van der Waals surface area (Å²) in [4.78, 5) is 13.4. The summed E-state index contributed by atoms with van der Waals surface area (Å²) in [5, 5.41) is 10.2. The number of aromatic nitrogens is 3. The molecule has 2 heterocycles. The number of oxime groups is 1. The number of nitrogen functional groups attached to an aromatic ring is 1. The van der Waals surface area contributed by atoms with Crippen LogP contribution in [0.5, 0.6) is 0 Å². The molecule has 0 atom stereocenters. The number of hydrogen-bond acceptors (Lipinski definition) is 8. The molecule has 7 nitrogen and oxygen atoms in total. The molecule has 21 heavy (non-hydrogen) atoms. The van der Waals surface area contributed by atoms with Gasteiger partial charge in [-0.3, -0.25) is 0 Å². The molecule has 8 heteroatoms. The van der Waals surface area contributed by atoms with Crippen molar-refractivity contribution in [1.82, 2.24) is 15.1 Å². The second-order valence-electron chi connectivity index (χ2n) is 4.01. The van der Waals surface area contributed by atoms with Crippen molar-refractivity contribution in [2.45, 2.75) is 6.61 Å². The van der Waals surface area contributed by atoms with Gasteiger partial charge in [0.25, 0.3) is 0 Å². The molecule has 0 saturated heterocycles. The maximum absolute atomic E-state index is 5.56. The fourth-order valence-electron chi connectivity index (χ4n) is 1.65. The third-order valence-electron chi connectivity index (χ3n) is 2.56. The molecular weight excluding hydrogens is 290 g/mol. The summed E-state index contributed by atoms with van der Waals surface area (Å²) in [6, 6.07) is 9.48. The van der Waals surface area contributed by atoms with Crippen LogP contribution in [0.15, 0.2) is 51.8 Å². The highest BCUT2D eigenvalue weighted by Gasteiger charge is 2.12. The summed E-state index contributed by atoms with van der Waals surface area (Å²) in [7, 11) is 0. The van der Waals surface area contributed by atoms with Crippen molar-refractivity contribution in [1.29, 1.82) is 0 Å². The van der Waals surface area contributed by atoms with E-state index in [1.165, 1.54) is 17.7 Å². The Morgan fingerprint density at radius 2 is 2.19 bits per heavy atom. The van der Waals surface area contributed by atoms with Crippen LogP contribution in [0.1, 0.15) is 17.1 Å². The highest BCUT2D eigenvalue weighted by molar-refractivity contribution is 7.13. The lowest BCUT2D eigenvalue weighted by atomic mass is 10.1. The standard InChI is InChI=1S/C13H11N5O2S/c14-13-16-10(7-21-13)6-19-17-11(12-15-8-20-18-12)9-4-2-1-3-5-9/h1-5,7-8H,6H2,(H2,14,16)/b17-11-. The Hall–Kier alpha value is -2.74. The van der Waals surface area contributed by atoms with Gasteiger partial charge in [-0.1, -0.05) is 40.6 Å². The first-order chi connectivity index (χ1) is 10.3. The second kappa shape index (κ2) is 6.14. The summed E-state index contributed by atoms with van der Waals surface area (Å²) < 4.78 is 4.76. The molecule has 3 aromatic rings. The number of nitrogens with zero attached hydrogens (tertiary/aromatic N) is 4. The Morgan fingerprint density at radius 1 is 1.33 bits per heavy atom. The van der Waals surface area contributed by atoms with Crippen LogP contribution in [0.2, 0.25) is 0 Å². The van der Waals surface area contributed by atoms with Crippen LogP contribution in [0.25, 0.3) is 0 Å². The third kappa shape index (κ3) is 3.23. The predicted octanol–water partition coefficient (Wildman–Crippen LogP) is 2.08. The van der Waals surface area contributed by atoms with Gasteiger partial charge in [0.1, 0.15) is 0 Å². The monoisotopic (exact) mass is 301 g/mol. The average Bonchev–Trinajstić information content (AvgIpc) is 3.16. The molecule has 2 N–H and O–H groups in total. The van der Waals surface area contributed by atoms with E-state index in [0.717, 1.165) is 11.3 Å². The van der Waals surface area contributed by atoms with Gasteiger partial charge in [-0.25, -0.2) is 4.98 Å². The molecule has 106 valence electrons. The molecule has 0 spiro atoms. The lowest BCUT2D eigenvalue weighted by molar-refractivity contribution is 0.128. The van der Waals surface area contributed by atoms with Crippen molar-refractivity contribution in [2.24, 2.45) is 5.16 Å². The van der Waals surface area contributed by atoms with E-state index in [4.69, 9.17) is 15.1 Å². The molecule has 0 unspecified atom stereocenters. The van der Waals surface area contributed by atoms with Crippen LogP contribution in [-0.4, -0.2) is 20.8 Å². The van der Waals surface area contributed by atoms with E-state index in [1.54, 1.807) is 0 Å². The minimum Gasteiger partial charge on any atom is -0.389 e. The van der Waals surface area contributed by atoms with E-state index in [0.29, 0.717) is 16.7 Å². The Labute approximate surface area is 124 Å². The van der Waals surface area contributed by atoms with Crippen LogP contribution in [0.4, 0.5) is 5.13 Å². The van der Waals surface area contributed by atoms with Gasteiger partial charge in [0, 0.05) is 10.9 Å². The maximum Gasteiger partial charge on any atom is 0.224 e. The highest BCUT2D eigenvalue weighted by Crippen LogP contribution is 2.13. The largest absolute Gasteiger partial charge is 0.389 e. The molecule has 0 fully saturated rings. The lowest BCUT2D eigenvalue weighted by Crippen LogP contribution is -2.06. The molecule has 0 aliphatic rings. The fraction of sp³-hybridized carbons (Fsp3) is 0.0769. The van der Waals surface area contributed by atoms with Crippen LogP contribution in [0.3, 0.4) is 0 Å². The number of hydrogen-bond donors (Lipinski definition) is 1. The normalized spacial score (nSPS) is 11.5. The van der Waals surface area contributed by atoms with Crippen LogP contribution >= 0.6 is 11.3 Å². The van der Waals surface area contributed by atoms with Gasteiger partial charge < -0.3 is 15.1 Å². The van der Waals surface area contributed by atoms with E-state index in [1.807, 2.05) is 35.7 Å². The number of nitrogens with two attached hydrogens (primary N) is 1. The maximum atomic E-state index is 5.56. The Kier molecular flexibility index (Phi) is 3.88. The van der Waals surface area contributed by atoms with Crippen molar-refractivity contribution in [3.8, 4) is 0 Å². The van der Waals surface area contributed by atoms with E-state index in [-0.39, 0.29) is 6.61 Å². The van der Waals surface area contributed by atoms with Gasteiger partial charge in [0.05, 0.1) is 5.69 Å². The van der Waals surface area contributed by atoms with Crippen molar-refractivity contribution in [3.63, 3.8) is 0 Å². The number of benzene rings is 1. The minimum atomic E-state index is 0.224. The molecule has 0 bridgehead atoms. The van der Waals surface area contributed by atoms with Crippen molar-refractivity contribution >= 4 is 22.2 Å². The van der Waals surface area contributed by atoms with Gasteiger partial charge in [0.15, 0.2) is 17.5 Å². The molecule has 3 rings (SSSR count). The molecule has 0 aliphatic heterocycles. The van der Waals surface area contributed by atoms with Gasteiger partial charge in [-0.2, -0.15) is 4.98 Å². The summed E-state index contributed by atoms with van der Waals surface area (Å²) in [6.45, 7) is 0.224. The zero-order valence-corrected chi connectivity index (χ0v) is 11.7. The van der Waals surface area contributed by atoms with E-state index >= 15 is 0 Å². The van der Waals surface area contributed by atoms with Crippen molar-refractivity contribution in [2.75, 3.05) is 5.73 Å². The molecule has 0 aliphatic carbocycles. The van der Waals surface area contributed by atoms with Gasteiger partial charge in [0.2, 0.25) is 12.2 Å². The number of thiazole rings is 1. The fourth-order valence-corrected chi connectivity index (χ4v) is 2.19. The van der Waals surface area contributed by atoms with Crippen molar-refractivity contribution in [3.05, 3.63) is 59.2 Å². The molecule has 0 radical (unpaired) electrons. The van der Waals surface area contributed by atoms with Crippen LogP contribution in [-0.2, 0) is 11.4 Å². The molecule has 2 aromatic heterocycles. The summed E-state index contributed by atoms with van der Waals surface area (Å²) in [5.74, 6) is 0.360. The highest BCUT2D eigenvalue weighted by atomic mass is 32.1. The second-order valence-corrected chi connectivity index (χ2v) is 4.90. The first-order valence-corrected chi connectivity index (χ1v) is 6.93. The van der Waals surface area contributed by atoms with Gasteiger partial charge in [-0.15, -0.1) is 11.3 Å². The molecule has 1 aromatic carbocycles. The zero-order chi connectivity index (χ0) is 14.5. The van der Waals surface area contributed by atoms with E-state index in [9.17, 15) is 0 Å². The number of anilines is 1. The quantitative estimate of drug-likeness (QED) is 0.572. The Balaban J connectivity index is 1.80. The van der Waals surface area contributed by atoms with Gasteiger partial charge >= 0.3 is 0 Å². The van der Waals surface area contributed by atoms with E-state index in [2.05, 4.69) is 20.3 Å². The van der Waals surface area contributed by atoms with Crippen LogP contribution < -0.4 is 5.73 Å². The third-order valence-corrected chi connectivity index (χ3v) is 3.28. The first-order valence-electron chi connectivity index (χ1n) is 6.05. The summed E-state index contributed by atoms with van der Waals surface area (Å²) >= 11 is 1.36. The van der Waals surface area contributed by atoms with Crippen LogP contribution in [0, 0.1) is 0 Å². The van der Waals surface area contributed by atoms with Crippen molar-refractivity contribution < 1.29 is 9.36 Å². The lowest BCUT2D eigenvalue weighted by Gasteiger charge is -2.02. The SMILES string of the molecule is Nc1nc(CO/N=C(/c2ccccc2)c2ncon2)cs1. The van der Waals surface area contributed by atoms with Gasteiger partial charge in [-0.05, 0) is 0 Å². The zero-order valence-electron chi connectivity index (χ0n) is 10.8. The Morgan fingerprint density at radius 3 is 2.86 bits per heavy atom.